The highest BCUT2D eigenvalue weighted by Crippen LogP contribution is 2.26. The molecule has 0 bridgehead atoms. The second-order valence-electron chi connectivity index (χ2n) is 6.60. The maximum absolute atomic E-state index is 5.46. The second-order valence-corrected chi connectivity index (χ2v) is 6.60. The maximum atomic E-state index is 5.46. The summed E-state index contributed by atoms with van der Waals surface area (Å²) in [6.45, 7) is 2.86. The highest BCUT2D eigenvalue weighted by Gasteiger charge is 2.11. The van der Waals surface area contributed by atoms with E-state index in [1.54, 1.807) is 13.3 Å². The number of hydrogen-bond donors (Lipinski definition) is 3. The van der Waals surface area contributed by atoms with Gasteiger partial charge in [0.05, 0.1) is 12.8 Å². The van der Waals surface area contributed by atoms with E-state index in [1.807, 2.05) is 36.4 Å². The predicted molar refractivity (Wildman–Crippen MR) is 123 cm³/mol. The Hall–Kier alpha value is -3.73. The summed E-state index contributed by atoms with van der Waals surface area (Å²) in [6, 6.07) is 13.7. The summed E-state index contributed by atoms with van der Waals surface area (Å²) in [7, 11) is 1.69. The molecular weight excluding hydrogens is 414 g/mol. The number of aromatic nitrogens is 7. The minimum atomic E-state index is 0. The molecule has 0 amide bonds. The standard InChI is InChI=1S/C20H21N9O.H2S/c1-13(15-5-3-4-6-17(15)30-2)10-21-19-9-16(23-12-24-19)14-7-8-18(22-11-14)25-20-26-28-29-27-20;/h3-9,11-13H,10H2,1-2H3,(H,21,23,24)(H2,22,25,26,27,28,29);1H2/t13-;/m1./s1. The van der Waals surface area contributed by atoms with Gasteiger partial charge in [-0.05, 0) is 29.0 Å². The molecule has 0 aliphatic heterocycles. The number of rotatable bonds is 8. The van der Waals surface area contributed by atoms with Gasteiger partial charge in [0, 0.05) is 30.3 Å². The lowest BCUT2D eigenvalue weighted by Crippen LogP contribution is -2.12. The third kappa shape index (κ3) is 5.45. The van der Waals surface area contributed by atoms with Crippen LogP contribution in [0.25, 0.3) is 11.3 Å². The Labute approximate surface area is 186 Å². The smallest absolute Gasteiger partial charge is 0.268 e. The van der Waals surface area contributed by atoms with Crippen LogP contribution in [0.5, 0.6) is 5.75 Å². The number of hydrogen-bond acceptors (Lipinski definition) is 9. The van der Waals surface area contributed by atoms with Crippen molar-refractivity contribution in [1.82, 2.24) is 35.6 Å². The number of para-hydroxylation sites is 1. The average molecular weight is 438 g/mol. The molecule has 3 aromatic heterocycles. The Morgan fingerprint density at radius 2 is 1.94 bits per heavy atom. The molecule has 0 aliphatic rings. The van der Waals surface area contributed by atoms with Crippen molar-refractivity contribution in [2.24, 2.45) is 0 Å². The van der Waals surface area contributed by atoms with Gasteiger partial charge in [-0.15, -0.1) is 5.10 Å². The van der Waals surface area contributed by atoms with E-state index in [4.69, 9.17) is 4.74 Å². The molecule has 0 spiro atoms. The molecule has 0 aliphatic carbocycles. The van der Waals surface area contributed by atoms with Crippen LogP contribution in [0.2, 0.25) is 0 Å². The van der Waals surface area contributed by atoms with Crippen LogP contribution in [0.3, 0.4) is 0 Å². The lowest BCUT2D eigenvalue weighted by Gasteiger charge is -2.16. The van der Waals surface area contributed by atoms with Crippen molar-refractivity contribution in [3.05, 3.63) is 60.6 Å². The summed E-state index contributed by atoms with van der Waals surface area (Å²) in [6.07, 6.45) is 3.27. The summed E-state index contributed by atoms with van der Waals surface area (Å²) in [5.41, 5.74) is 2.80. The molecule has 1 atom stereocenters. The van der Waals surface area contributed by atoms with Crippen molar-refractivity contribution in [1.29, 1.82) is 0 Å². The van der Waals surface area contributed by atoms with Crippen molar-refractivity contribution in [3.63, 3.8) is 0 Å². The van der Waals surface area contributed by atoms with Crippen molar-refractivity contribution < 1.29 is 4.74 Å². The lowest BCUT2D eigenvalue weighted by molar-refractivity contribution is 0.407. The number of pyridine rings is 1. The number of methoxy groups -OCH3 is 1. The minimum Gasteiger partial charge on any atom is -0.496 e. The fourth-order valence-corrected chi connectivity index (χ4v) is 3.00. The number of nitrogens with one attached hydrogen (secondary N) is 3. The van der Waals surface area contributed by atoms with Crippen LogP contribution >= 0.6 is 13.5 Å². The first-order valence-corrected chi connectivity index (χ1v) is 9.38. The quantitative estimate of drug-likeness (QED) is 0.381. The van der Waals surface area contributed by atoms with E-state index in [-0.39, 0.29) is 19.4 Å². The van der Waals surface area contributed by atoms with Gasteiger partial charge >= 0.3 is 0 Å². The molecule has 10 nitrogen and oxygen atoms in total. The summed E-state index contributed by atoms with van der Waals surface area (Å²) in [5.74, 6) is 2.84. The number of ether oxygens (including phenoxy) is 1. The molecule has 0 fully saturated rings. The first-order chi connectivity index (χ1) is 14.7. The molecule has 11 heteroatoms. The monoisotopic (exact) mass is 437 g/mol. The molecule has 0 unspecified atom stereocenters. The van der Waals surface area contributed by atoms with Crippen LogP contribution in [0, 0.1) is 0 Å². The van der Waals surface area contributed by atoms with Crippen LogP contribution in [-0.2, 0) is 0 Å². The Kier molecular flexibility index (Phi) is 7.33. The Morgan fingerprint density at radius 1 is 1.06 bits per heavy atom. The van der Waals surface area contributed by atoms with Gasteiger partial charge in [-0.3, -0.25) is 0 Å². The first-order valence-electron chi connectivity index (χ1n) is 9.38. The molecule has 1 aromatic carbocycles. The van der Waals surface area contributed by atoms with Crippen LogP contribution in [0.4, 0.5) is 17.6 Å². The first kappa shape index (κ1) is 22.0. The van der Waals surface area contributed by atoms with Crippen LogP contribution in [0.1, 0.15) is 18.4 Å². The zero-order valence-corrected chi connectivity index (χ0v) is 18.1. The summed E-state index contributed by atoms with van der Waals surface area (Å²) in [5, 5.41) is 19.9. The van der Waals surface area contributed by atoms with Crippen LogP contribution in [0.15, 0.2) is 55.0 Å². The molecule has 4 rings (SSSR count). The van der Waals surface area contributed by atoms with Gasteiger partial charge in [-0.25, -0.2) is 15.0 Å². The van der Waals surface area contributed by atoms with E-state index in [0.717, 1.165) is 28.4 Å². The Morgan fingerprint density at radius 3 is 2.68 bits per heavy atom. The number of H-pyrrole nitrogens is 1. The second kappa shape index (κ2) is 10.3. The lowest BCUT2D eigenvalue weighted by atomic mass is 10.00. The molecule has 3 heterocycles. The molecule has 0 radical (unpaired) electrons. The molecule has 4 aromatic rings. The van der Waals surface area contributed by atoms with Gasteiger partial charge in [-0.1, -0.05) is 30.2 Å². The van der Waals surface area contributed by atoms with Gasteiger partial charge in [0.25, 0.3) is 5.95 Å². The van der Waals surface area contributed by atoms with Crippen molar-refractivity contribution >= 4 is 31.1 Å². The molecule has 0 saturated heterocycles. The molecule has 160 valence electrons. The summed E-state index contributed by atoms with van der Waals surface area (Å²) < 4.78 is 5.46. The van der Waals surface area contributed by atoms with Crippen molar-refractivity contribution in [3.8, 4) is 17.0 Å². The maximum Gasteiger partial charge on any atom is 0.268 e. The number of anilines is 3. The number of aromatic amines is 1. The number of benzene rings is 1. The summed E-state index contributed by atoms with van der Waals surface area (Å²) >= 11 is 0. The summed E-state index contributed by atoms with van der Waals surface area (Å²) in [4.78, 5) is 13.0. The van der Waals surface area contributed by atoms with Crippen molar-refractivity contribution in [2.45, 2.75) is 12.8 Å². The van der Waals surface area contributed by atoms with Gasteiger partial charge in [0.1, 0.15) is 23.7 Å². The van der Waals surface area contributed by atoms with Gasteiger partial charge in [0.2, 0.25) is 0 Å². The van der Waals surface area contributed by atoms with Crippen LogP contribution < -0.4 is 15.4 Å². The fraction of sp³-hybridized carbons (Fsp3) is 0.200. The average Bonchev–Trinajstić information content (AvgIpc) is 3.31. The number of nitrogens with zero attached hydrogens (tertiary/aromatic N) is 6. The third-order valence-corrected chi connectivity index (χ3v) is 4.57. The topological polar surface area (TPSA) is 126 Å². The molecular formula is C20H23N9OS. The highest BCUT2D eigenvalue weighted by atomic mass is 32.1. The molecule has 31 heavy (non-hydrogen) atoms. The largest absolute Gasteiger partial charge is 0.496 e. The van der Waals surface area contributed by atoms with Crippen LogP contribution in [-0.4, -0.2) is 49.2 Å². The van der Waals surface area contributed by atoms with E-state index in [1.165, 1.54) is 6.33 Å². The predicted octanol–water partition coefficient (Wildman–Crippen LogP) is 3.13. The minimum absolute atomic E-state index is 0. The highest BCUT2D eigenvalue weighted by molar-refractivity contribution is 7.59. The van der Waals surface area contributed by atoms with E-state index < -0.39 is 0 Å². The number of tetrazole rings is 1. The zero-order chi connectivity index (χ0) is 20.8. The molecule has 3 N–H and O–H groups in total. The van der Waals surface area contributed by atoms with Gasteiger partial charge in [-0.2, -0.15) is 18.7 Å². The van der Waals surface area contributed by atoms with E-state index in [9.17, 15) is 0 Å². The van der Waals surface area contributed by atoms with Gasteiger partial charge in [0.15, 0.2) is 0 Å². The zero-order valence-electron chi connectivity index (χ0n) is 17.1. The normalized spacial score (nSPS) is 11.3. The van der Waals surface area contributed by atoms with Crippen molar-refractivity contribution in [2.75, 3.05) is 24.3 Å². The SMILES string of the molecule is COc1ccccc1[C@H](C)CNc1cc(-c2ccc(Nc3nn[nH]n3)nc2)ncn1.S. The molecule has 0 saturated carbocycles. The third-order valence-electron chi connectivity index (χ3n) is 4.57. The van der Waals surface area contributed by atoms with Gasteiger partial charge < -0.3 is 15.4 Å². The Balaban J connectivity index is 0.00000272. The van der Waals surface area contributed by atoms with E-state index in [0.29, 0.717) is 18.3 Å². The fourth-order valence-electron chi connectivity index (χ4n) is 3.00. The Bertz CT molecular complexity index is 1090. The van der Waals surface area contributed by atoms with E-state index in [2.05, 4.69) is 59.2 Å². The van der Waals surface area contributed by atoms with E-state index >= 15 is 0 Å².